The molecule has 0 radical (unpaired) electrons. The quantitative estimate of drug-likeness (QED) is 0.566. The molecule has 0 unspecified atom stereocenters. The molecule has 3 rings (SSSR count). The van der Waals surface area contributed by atoms with Crippen LogP contribution in [0.15, 0.2) is 66.7 Å². The average Bonchev–Trinajstić information content (AvgIpc) is 2.68. The molecular formula is C22H21ClFNO2. The van der Waals surface area contributed by atoms with Crippen LogP contribution < -0.4 is 14.8 Å². The van der Waals surface area contributed by atoms with Gasteiger partial charge in [0.2, 0.25) is 0 Å². The van der Waals surface area contributed by atoms with E-state index in [-0.39, 0.29) is 5.82 Å². The highest BCUT2D eigenvalue weighted by atomic mass is 35.5. The SMILES string of the molecule is COc1cc(CNCc2ccc(F)cc2)ccc1OCc1cccc(Cl)c1. The Morgan fingerprint density at radius 1 is 0.852 bits per heavy atom. The minimum atomic E-state index is -0.225. The molecular weight excluding hydrogens is 365 g/mol. The van der Waals surface area contributed by atoms with Crippen LogP contribution in [-0.4, -0.2) is 7.11 Å². The molecule has 0 aliphatic rings. The second-order valence-electron chi connectivity index (χ2n) is 6.13. The molecule has 0 aliphatic heterocycles. The molecule has 5 heteroatoms. The van der Waals surface area contributed by atoms with Crippen molar-refractivity contribution in [3.05, 3.63) is 94.3 Å². The molecule has 0 heterocycles. The molecule has 27 heavy (non-hydrogen) atoms. The molecule has 0 saturated heterocycles. The van der Waals surface area contributed by atoms with Crippen molar-refractivity contribution in [2.45, 2.75) is 19.7 Å². The maximum absolute atomic E-state index is 12.9. The highest BCUT2D eigenvalue weighted by molar-refractivity contribution is 6.30. The van der Waals surface area contributed by atoms with E-state index in [2.05, 4.69) is 5.32 Å². The van der Waals surface area contributed by atoms with Crippen LogP contribution >= 0.6 is 11.6 Å². The van der Waals surface area contributed by atoms with Gasteiger partial charge in [-0.2, -0.15) is 0 Å². The predicted octanol–water partition coefficient (Wildman–Crippen LogP) is 5.36. The third-order valence-electron chi connectivity index (χ3n) is 4.08. The molecule has 140 valence electrons. The van der Waals surface area contributed by atoms with Crippen LogP contribution in [0.25, 0.3) is 0 Å². The van der Waals surface area contributed by atoms with Gasteiger partial charge in [0.1, 0.15) is 12.4 Å². The topological polar surface area (TPSA) is 30.5 Å². The summed E-state index contributed by atoms with van der Waals surface area (Å²) in [4.78, 5) is 0. The summed E-state index contributed by atoms with van der Waals surface area (Å²) in [7, 11) is 1.62. The third-order valence-corrected chi connectivity index (χ3v) is 4.32. The first-order chi connectivity index (χ1) is 13.1. The lowest BCUT2D eigenvalue weighted by Gasteiger charge is -2.13. The van der Waals surface area contributed by atoms with E-state index in [1.807, 2.05) is 42.5 Å². The first kappa shape index (κ1) is 19.2. The van der Waals surface area contributed by atoms with E-state index >= 15 is 0 Å². The lowest BCUT2D eigenvalue weighted by Crippen LogP contribution is -2.12. The van der Waals surface area contributed by atoms with Crippen molar-refractivity contribution in [1.82, 2.24) is 5.32 Å². The first-order valence-corrected chi connectivity index (χ1v) is 9.01. The number of methoxy groups -OCH3 is 1. The van der Waals surface area contributed by atoms with Gasteiger partial charge in [-0.05, 0) is 53.1 Å². The van der Waals surface area contributed by atoms with Gasteiger partial charge in [0.05, 0.1) is 7.11 Å². The van der Waals surface area contributed by atoms with Gasteiger partial charge in [0.15, 0.2) is 11.5 Å². The summed E-state index contributed by atoms with van der Waals surface area (Å²) in [5.74, 6) is 1.13. The monoisotopic (exact) mass is 385 g/mol. The summed E-state index contributed by atoms with van der Waals surface area (Å²) in [6.07, 6.45) is 0. The van der Waals surface area contributed by atoms with E-state index in [1.54, 1.807) is 19.2 Å². The van der Waals surface area contributed by atoms with Gasteiger partial charge in [-0.25, -0.2) is 4.39 Å². The Balaban J connectivity index is 1.57. The standard InChI is InChI=1S/C22H21ClFNO2/c1-26-22-12-17(14-25-13-16-5-8-20(24)9-6-16)7-10-21(22)27-15-18-3-2-4-19(23)11-18/h2-12,25H,13-15H2,1H3. The molecule has 0 saturated carbocycles. The van der Waals surface area contributed by atoms with Gasteiger partial charge >= 0.3 is 0 Å². The summed E-state index contributed by atoms with van der Waals surface area (Å²) >= 11 is 6.00. The maximum atomic E-state index is 12.9. The summed E-state index contributed by atoms with van der Waals surface area (Å²) in [5.41, 5.74) is 3.10. The minimum absolute atomic E-state index is 0.225. The molecule has 3 aromatic rings. The lowest BCUT2D eigenvalue weighted by atomic mass is 10.2. The Hall–Kier alpha value is -2.56. The number of halogens is 2. The Kier molecular flexibility index (Phi) is 6.69. The van der Waals surface area contributed by atoms with E-state index < -0.39 is 0 Å². The second kappa shape index (κ2) is 9.40. The normalized spacial score (nSPS) is 10.6. The van der Waals surface area contributed by atoms with Crippen molar-refractivity contribution >= 4 is 11.6 Å². The maximum Gasteiger partial charge on any atom is 0.161 e. The molecule has 0 aromatic heterocycles. The number of hydrogen-bond donors (Lipinski definition) is 1. The fraction of sp³-hybridized carbons (Fsp3) is 0.182. The average molecular weight is 386 g/mol. The van der Waals surface area contributed by atoms with E-state index in [0.717, 1.165) is 16.7 Å². The Bertz CT molecular complexity index is 884. The van der Waals surface area contributed by atoms with Gasteiger partial charge in [-0.15, -0.1) is 0 Å². The van der Waals surface area contributed by atoms with Crippen molar-refractivity contribution < 1.29 is 13.9 Å². The molecule has 3 nitrogen and oxygen atoms in total. The Labute approximate surface area is 163 Å². The number of rotatable bonds is 8. The fourth-order valence-corrected chi connectivity index (χ4v) is 2.90. The van der Waals surface area contributed by atoms with Gasteiger partial charge in [0.25, 0.3) is 0 Å². The number of nitrogens with one attached hydrogen (secondary N) is 1. The zero-order chi connectivity index (χ0) is 19.1. The van der Waals surface area contributed by atoms with Gasteiger partial charge in [0, 0.05) is 18.1 Å². The van der Waals surface area contributed by atoms with Gasteiger partial charge < -0.3 is 14.8 Å². The Morgan fingerprint density at radius 2 is 1.59 bits per heavy atom. The van der Waals surface area contributed by atoms with Gasteiger partial charge in [-0.3, -0.25) is 0 Å². The van der Waals surface area contributed by atoms with E-state index in [4.69, 9.17) is 21.1 Å². The first-order valence-electron chi connectivity index (χ1n) is 8.63. The van der Waals surface area contributed by atoms with Crippen LogP contribution in [0.5, 0.6) is 11.5 Å². The van der Waals surface area contributed by atoms with Crippen molar-refractivity contribution in [1.29, 1.82) is 0 Å². The molecule has 1 N–H and O–H groups in total. The largest absolute Gasteiger partial charge is 0.493 e. The number of hydrogen-bond acceptors (Lipinski definition) is 3. The van der Waals surface area contributed by atoms with Gasteiger partial charge in [-0.1, -0.05) is 41.9 Å². The highest BCUT2D eigenvalue weighted by Gasteiger charge is 2.07. The van der Waals surface area contributed by atoms with Crippen LogP contribution in [0, 0.1) is 5.82 Å². The summed E-state index contributed by atoms with van der Waals surface area (Å²) < 4.78 is 24.3. The highest BCUT2D eigenvalue weighted by Crippen LogP contribution is 2.29. The second-order valence-corrected chi connectivity index (χ2v) is 6.57. The Morgan fingerprint density at radius 3 is 2.33 bits per heavy atom. The van der Waals surface area contributed by atoms with Crippen molar-refractivity contribution in [2.24, 2.45) is 0 Å². The number of ether oxygens (including phenoxy) is 2. The molecule has 3 aromatic carbocycles. The predicted molar refractivity (Wildman–Crippen MR) is 106 cm³/mol. The van der Waals surface area contributed by atoms with E-state index in [9.17, 15) is 4.39 Å². The van der Waals surface area contributed by atoms with E-state index in [0.29, 0.717) is 36.2 Å². The van der Waals surface area contributed by atoms with Crippen molar-refractivity contribution in [3.8, 4) is 11.5 Å². The van der Waals surface area contributed by atoms with Crippen molar-refractivity contribution in [2.75, 3.05) is 7.11 Å². The molecule has 0 atom stereocenters. The lowest BCUT2D eigenvalue weighted by molar-refractivity contribution is 0.284. The van der Waals surface area contributed by atoms with Crippen LogP contribution in [-0.2, 0) is 19.7 Å². The summed E-state index contributed by atoms with van der Waals surface area (Å²) in [5, 5.41) is 4.02. The van der Waals surface area contributed by atoms with Crippen LogP contribution in [0.2, 0.25) is 5.02 Å². The number of benzene rings is 3. The summed E-state index contributed by atoms with van der Waals surface area (Å²) in [6, 6.07) is 19.9. The van der Waals surface area contributed by atoms with E-state index in [1.165, 1.54) is 12.1 Å². The summed E-state index contributed by atoms with van der Waals surface area (Å²) in [6.45, 7) is 1.75. The zero-order valence-electron chi connectivity index (χ0n) is 15.0. The molecule has 0 aliphatic carbocycles. The molecule has 0 fully saturated rings. The minimum Gasteiger partial charge on any atom is -0.493 e. The molecule has 0 amide bonds. The zero-order valence-corrected chi connectivity index (χ0v) is 15.8. The van der Waals surface area contributed by atoms with Crippen LogP contribution in [0.4, 0.5) is 4.39 Å². The molecule has 0 spiro atoms. The van der Waals surface area contributed by atoms with Crippen LogP contribution in [0.1, 0.15) is 16.7 Å². The van der Waals surface area contributed by atoms with Crippen molar-refractivity contribution in [3.63, 3.8) is 0 Å². The molecule has 0 bridgehead atoms. The fourth-order valence-electron chi connectivity index (χ4n) is 2.68. The smallest absolute Gasteiger partial charge is 0.161 e. The van der Waals surface area contributed by atoms with Crippen LogP contribution in [0.3, 0.4) is 0 Å². The third kappa shape index (κ3) is 5.71.